The molecule has 0 aliphatic carbocycles. The number of likely N-dealkylation sites (tertiary alicyclic amines) is 2. The van der Waals surface area contributed by atoms with E-state index in [9.17, 15) is 68.6 Å². The summed E-state index contributed by atoms with van der Waals surface area (Å²) in [5, 5.41) is 41.4. The lowest BCUT2D eigenvalue weighted by Crippen LogP contribution is -2.58. The Morgan fingerprint density at radius 2 is 0.958 bits per heavy atom. The third kappa shape index (κ3) is 17.3. The minimum absolute atomic E-state index is 0.0539. The monoisotopic (exact) mass is 1370 g/mol. The minimum Gasteiger partial charge on any atom is -0.478 e. The van der Waals surface area contributed by atoms with Crippen molar-refractivity contribution in [1.82, 2.24) is 23.7 Å². The van der Waals surface area contributed by atoms with Gasteiger partial charge in [-0.3, -0.25) is 24.2 Å². The Morgan fingerprint density at radius 1 is 0.589 bits per heavy atom. The maximum absolute atomic E-state index is 13.4. The molecule has 4 fully saturated rings. The Hall–Kier alpha value is -8.04. The number of aliphatic hydroxyl groups excluding tert-OH is 1. The molecule has 516 valence electrons. The zero-order chi connectivity index (χ0) is 70.0. The van der Waals surface area contributed by atoms with Gasteiger partial charge in [0.25, 0.3) is 17.7 Å². The molecule has 7 heterocycles. The van der Waals surface area contributed by atoms with E-state index in [4.69, 9.17) is 21.7 Å². The molecule has 7 aliphatic rings. The second kappa shape index (κ2) is 28.0. The lowest BCUT2D eigenvalue weighted by atomic mass is 9.89. The molecule has 9 N–H and O–H groups in total. The Balaban J connectivity index is 0.000000201. The molecule has 0 atom stereocenters. The maximum Gasteiger partial charge on any atom is 0.586 e. The summed E-state index contributed by atoms with van der Waals surface area (Å²) in [5.74, 6) is -2.98. The first kappa shape index (κ1) is 72.8. The molecule has 0 radical (unpaired) electrons. The number of amidine groups is 1. The van der Waals surface area contributed by atoms with Gasteiger partial charge in [-0.15, -0.1) is 17.6 Å². The van der Waals surface area contributed by atoms with E-state index >= 15 is 0 Å². The Labute approximate surface area is 547 Å². The average Bonchev–Trinajstić information content (AvgIpc) is 1.64. The number of aryl methyl sites for hydroxylation is 4. The quantitative estimate of drug-likeness (QED) is 0.0860. The number of alkyl halides is 4. The van der Waals surface area contributed by atoms with Crippen LogP contribution in [0.4, 0.5) is 17.6 Å². The molecule has 11 rings (SSSR count). The van der Waals surface area contributed by atoms with E-state index in [1.165, 1.54) is 32.9 Å². The van der Waals surface area contributed by atoms with Crippen LogP contribution >= 0.6 is 0 Å². The number of amides is 4. The second-order valence-corrected chi connectivity index (χ2v) is 28.5. The number of benzene rings is 4. The molecule has 25 nitrogen and oxygen atoms in total. The molecule has 0 bridgehead atoms. The number of piperidine rings is 4. The predicted molar refractivity (Wildman–Crippen MR) is 339 cm³/mol. The Bertz CT molecular complexity index is 3910. The average molecular weight is 1370 g/mol. The highest BCUT2D eigenvalue weighted by molar-refractivity contribution is 7.92. The normalized spacial score (nSPS) is 20.5. The van der Waals surface area contributed by atoms with Gasteiger partial charge in [-0.1, -0.05) is 0 Å². The lowest BCUT2D eigenvalue weighted by molar-refractivity contribution is -0.287. The molecule has 4 aromatic carbocycles. The van der Waals surface area contributed by atoms with Gasteiger partial charge in [0, 0.05) is 86.5 Å². The van der Waals surface area contributed by atoms with Crippen molar-refractivity contribution in [3.8, 4) is 23.0 Å². The number of nitrogens with two attached hydrogens (primary N) is 2. The maximum atomic E-state index is 13.4. The number of carbonyl (C=O) groups is 5. The summed E-state index contributed by atoms with van der Waals surface area (Å²) in [6.07, 6.45) is -1.68. The number of ether oxygens (including phenoxy) is 4. The standard InChI is InChI=1S/C31H34F2N4O7S.C23H34N4O5S.C8H4F2O4.C2H6O/c1-19-16-22(27(38)36-11-7-29(3,40)8-12-36)17-20(2)23(19)6-15-45(41,42)37-13-9-30(10-14-37)28(39)34-26(35-30)21-4-5-24-25(18-21)44-31(32,33)43-24;1-16-14-18(20(28)26-9-5-22(3,30)6-10-26)15-17(2)19(16)4-13-33(31,32)27-11-7-23(25,8-12-27)21(24)29;9-8(10)13-5-2-1-4(7(11)12)3-6(5)14-8;1-2-3/h4-6,15-18,40H,7-14H2,1-3H3,(H,34,35,39);4,13-15,30H,5-12,25H2,1-3H3,(H2,24,29);1-3H,(H,11,12);3H,2H2,1H3/b15-6+;13-4+;;. The molecule has 1 spiro atoms. The van der Waals surface area contributed by atoms with Gasteiger partial charge >= 0.3 is 18.6 Å². The topological polar surface area (TPSA) is 361 Å². The van der Waals surface area contributed by atoms with Crippen LogP contribution in [-0.4, -0.2) is 185 Å². The summed E-state index contributed by atoms with van der Waals surface area (Å²) < 4.78 is 124. The molecule has 0 unspecified atom stereocenters. The van der Waals surface area contributed by atoms with Crippen molar-refractivity contribution in [3.63, 3.8) is 0 Å². The van der Waals surface area contributed by atoms with Crippen LogP contribution in [-0.2, 0) is 29.6 Å². The fraction of sp³-hybridized carbons (Fsp3) is 0.469. The summed E-state index contributed by atoms with van der Waals surface area (Å²) in [7, 11) is -7.54. The van der Waals surface area contributed by atoms with Crippen molar-refractivity contribution in [1.29, 1.82) is 0 Å². The van der Waals surface area contributed by atoms with Gasteiger partial charge in [-0.25, -0.2) is 21.6 Å². The number of hydrogen-bond acceptors (Lipinski definition) is 18. The summed E-state index contributed by atoms with van der Waals surface area (Å²) in [6.45, 7) is 15.1. The summed E-state index contributed by atoms with van der Waals surface area (Å²) in [6, 6.07) is 14.4. The summed E-state index contributed by atoms with van der Waals surface area (Å²) in [4.78, 5) is 69.0. The molecule has 4 amide bonds. The highest BCUT2D eigenvalue weighted by atomic mass is 32.2. The van der Waals surface area contributed by atoms with Crippen LogP contribution in [0.2, 0.25) is 0 Å². The largest absolute Gasteiger partial charge is 0.586 e. The van der Waals surface area contributed by atoms with Crippen molar-refractivity contribution in [2.75, 3.05) is 59.0 Å². The van der Waals surface area contributed by atoms with E-state index in [2.05, 4.69) is 29.3 Å². The number of primary amides is 1. The van der Waals surface area contributed by atoms with Crippen LogP contribution in [0.5, 0.6) is 23.0 Å². The highest BCUT2D eigenvalue weighted by Gasteiger charge is 2.49. The fourth-order valence-electron chi connectivity index (χ4n) is 11.6. The van der Waals surface area contributed by atoms with Crippen molar-refractivity contribution in [2.45, 2.75) is 135 Å². The number of nitrogens with one attached hydrogen (secondary N) is 1. The van der Waals surface area contributed by atoms with E-state index < -0.39 is 66.8 Å². The molecule has 7 aliphatic heterocycles. The molecule has 4 aromatic rings. The SMILES string of the molecule is CCO.Cc1cc(C(=O)N2CCC(C)(O)CC2)cc(C)c1/C=C/S(=O)(=O)N1CCC(N)(C(N)=O)CC1.Cc1cc(C(=O)N2CCC(C)(O)CC2)cc(C)c1/C=C/S(=O)(=O)N1CCC2(CC1)N=C(c1ccc3c(c1)OC(F)(F)O3)NC2=O.O=C(O)c1ccc2c(c1)OC(F)(F)O2. The second-order valence-electron chi connectivity index (χ2n) is 24.9. The molecule has 31 heteroatoms. The van der Waals surface area contributed by atoms with Crippen LogP contribution in [0.15, 0.2) is 76.5 Å². The zero-order valence-electron chi connectivity index (χ0n) is 53.4. The van der Waals surface area contributed by atoms with E-state index in [0.717, 1.165) is 56.8 Å². The molecule has 95 heavy (non-hydrogen) atoms. The number of aliphatic imine (C=N–C) groups is 1. The third-order valence-corrected chi connectivity index (χ3v) is 20.6. The number of carbonyl (C=O) groups excluding carboxylic acids is 4. The number of carboxylic acid groups (broad SMARTS) is 1. The first-order chi connectivity index (χ1) is 44.2. The smallest absolute Gasteiger partial charge is 0.478 e. The number of aliphatic hydroxyl groups is 3. The molecule has 4 saturated heterocycles. The first-order valence-corrected chi connectivity index (χ1v) is 33.5. The van der Waals surface area contributed by atoms with Crippen LogP contribution in [0.3, 0.4) is 0 Å². The first-order valence-electron chi connectivity index (χ1n) is 30.5. The molecular formula is C64H78F4N8O17S2. The van der Waals surface area contributed by atoms with Crippen molar-refractivity contribution in [3.05, 3.63) is 127 Å². The van der Waals surface area contributed by atoms with Crippen molar-refractivity contribution < 1.29 is 97.7 Å². The van der Waals surface area contributed by atoms with Crippen molar-refractivity contribution >= 4 is 67.6 Å². The number of rotatable bonds is 11. The van der Waals surface area contributed by atoms with Gasteiger partial charge in [-0.05, 0) is 206 Å². The number of fused-ring (bicyclic) bond motifs is 2. The van der Waals surface area contributed by atoms with E-state index in [1.807, 2.05) is 27.7 Å². The highest BCUT2D eigenvalue weighted by Crippen LogP contribution is 2.43. The molecule has 0 saturated carbocycles. The van der Waals surface area contributed by atoms with E-state index in [0.29, 0.717) is 74.1 Å². The lowest BCUT2D eigenvalue weighted by Gasteiger charge is -2.36. The number of aromatic carboxylic acids is 1. The predicted octanol–water partition coefficient (Wildman–Crippen LogP) is 5.90. The van der Waals surface area contributed by atoms with Crippen molar-refractivity contribution in [2.24, 2.45) is 16.5 Å². The minimum atomic E-state index is -3.84. The summed E-state index contributed by atoms with van der Waals surface area (Å²) >= 11 is 0. The van der Waals surface area contributed by atoms with Gasteiger partial charge in [-0.2, -0.15) is 8.61 Å². The number of halogens is 4. The van der Waals surface area contributed by atoms with E-state index in [1.54, 1.807) is 60.9 Å². The number of hydrogen-bond donors (Lipinski definition) is 7. The van der Waals surface area contributed by atoms with Gasteiger partial charge in [0.15, 0.2) is 23.0 Å². The van der Waals surface area contributed by atoms with Gasteiger partial charge in [0.1, 0.15) is 11.4 Å². The Morgan fingerprint density at radius 3 is 1.35 bits per heavy atom. The van der Waals surface area contributed by atoms with E-state index in [-0.39, 0.29) is 111 Å². The molecular weight excluding hydrogens is 1290 g/mol. The summed E-state index contributed by atoms with van der Waals surface area (Å²) in [5.41, 5.74) is 13.3. The third-order valence-electron chi connectivity index (χ3n) is 17.4. The van der Waals surface area contributed by atoms with Gasteiger partial charge in [0.05, 0.1) is 22.3 Å². The van der Waals surface area contributed by atoms with Gasteiger partial charge < -0.3 is 66.0 Å². The molecule has 0 aromatic heterocycles. The van der Waals surface area contributed by atoms with Crippen LogP contribution in [0, 0.1) is 27.7 Å². The van der Waals surface area contributed by atoms with Crippen LogP contribution < -0.4 is 35.7 Å². The number of carboxylic acids is 1. The van der Waals surface area contributed by atoms with Crippen LogP contribution in [0.1, 0.15) is 142 Å². The fourth-order valence-corrected chi connectivity index (χ4v) is 14.0. The zero-order valence-corrected chi connectivity index (χ0v) is 55.1. The number of sulfonamides is 2. The van der Waals surface area contributed by atoms with Gasteiger partial charge in [0.2, 0.25) is 26.0 Å². The number of nitrogens with zero attached hydrogens (tertiary/aromatic N) is 5. The Kier molecular flexibility index (Phi) is 21.4. The van der Waals surface area contributed by atoms with Crippen LogP contribution in [0.25, 0.3) is 12.2 Å².